The van der Waals surface area contributed by atoms with E-state index in [1.165, 1.54) is 0 Å². The molecule has 0 aliphatic rings. The maximum atomic E-state index is 11.5. The lowest BCUT2D eigenvalue weighted by atomic mass is 10.3. The molecule has 5 heteroatoms. The molecule has 0 fully saturated rings. The Kier molecular flexibility index (Phi) is 3.64. The minimum atomic E-state index is -0.274. The Labute approximate surface area is 98.9 Å². The third kappa shape index (κ3) is 3.57. The van der Waals surface area contributed by atoms with Crippen molar-refractivity contribution in [3.05, 3.63) is 54.6 Å². The number of pyridine rings is 2. The molecule has 5 nitrogen and oxygen atoms in total. The molecule has 0 spiro atoms. The van der Waals surface area contributed by atoms with Gasteiger partial charge < -0.3 is 10.6 Å². The van der Waals surface area contributed by atoms with E-state index < -0.39 is 0 Å². The molecule has 0 saturated carbocycles. The minimum Gasteiger partial charge on any atom is -0.332 e. The van der Waals surface area contributed by atoms with Crippen LogP contribution in [0.1, 0.15) is 5.69 Å². The maximum absolute atomic E-state index is 11.5. The Morgan fingerprint density at radius 2 is 2.12 bits per heavy atom. The van der Waals surface area contributed by atoms with E-state index in [-0.39, 0.29) is 6.03 Å². The average molecular weight is 228 g/mol. The molecule has 0 bridgehead atoms. The predicted molar refractivity (Wildman–Crippen MR) is 64.3 cm³/mol. The van der Waals surface area contributed by atoms with Crippen LogP contribution in [0.4, 0.5) is 10.5 Å². The van der Waals surface area contributed by atoms with Crippen LogP contribution in [0.3, 0.4) is 0 Å². The van der Waals surface area contributed by atoms with E-state index in [1.54, 1.807) is 30.7 Å². The molecule has 86 valence electrons. The van der Waals surface area contributed by atoms with Gasteiger partial charge >= 0.3 is 6.03 Å². The van der Waals surface area contributed by atoms with E-state index in [1.807, 2.05) is 18.2 Å². The van der Waals surface area contributed by atoms with Gasteiger partial charge in [0, 0.05) is 12.4 Å². The Balaban J connectivity index is 1.83. The van der Waals surface area contributed by atoms with E-state index >= 15 is 0 Å². The number of urea groups is 1. The van der Waals surface area contributed by atoms with E-state index in [2.05, 4.69) is 20.6 Å². The summed E-state index contributed by atoms with van der Waals surface area (Å²) >= 11 is 0. The first-order chi connectivity index (χ1) is 8.34. The van der Waals surface area contributed by atoms with Gasteiger partial charge in [-0.25, -0.2) is 4.79 Å². The second kappa shape index (κ2) is 5.60. The summed E-state index contributed by atoms with van der Waals surface area (Å²) in [6.07, 6.45) is 4.92. The van der Waals surface area contributed by atoms with Crippen LogP contribution in [0.5, 0.6) is 0 Å². The molecule has 0 aromatic carbocycles. The van der Waals surface area contributed by atoms with E-state index in [4.69, 9.17) is 0 Å². The number of amides is 2. The van der Waals surface area contributed by atoms with Gasteiger partial charge in [-0.05, 0) is 24.3 Å². The molecule has 2 heterocycles. The van der Waals surface area contributed by atoms with Crippen molar-refractivity contribution in [2.45, 2.75) is 6.54 Å². The van der Waals surface area contributed by atoms with Gasteiger partial charge in [-0.1, -0.05) is 6.07 Å². The monoisotopic (exact) mass is 228 g/mol. The summed E-state index contributed by atoms with van der Waals surface area (Å²) in [6, 6.07) is 8.82. The van der Waals surface area contributed by atoms with Crippen LogP contribution in [-0.4, -0.2) is 16.0 Å². The highest BCUT2D eigenvalue weighted by atomic mass is 16.2. The third-order valence-electron chi connectivity index (χ3n) is 2.08. The second-order valence-corrected chi connectivity index (χ2v) is 3.37. The highest BCUT2D eigenvalue weighted by Crippen LogP contribution is 2.01. The van der Waals surface area contributed by atoms with Crippen LogP contribution in [0, 0.1) is 0 Å². The molecule has 2 rings (SSSR count). The smallest absolute Gasteiger partial charge is 0.319 e. The second-order valence-electron chi connectivity index (χ2n) is 3.37. The normalized spacial score (nSPS) is 9.65. The molecule has 2 amide bonds. The maximum Gasteiger partial charge on any atom is 0.319 e. The molecule has 17 heavy (non-hydrogen) atoms. The summed E-state index contributed by atoms with van der Waals surface area (Å²) < 4.78 is 0. The van der Waals surface area contributed by atoms with Crippen molar-refractivity contribution < 1.29 is 4.79 Å². The summed E-state index contributed by atoms with van der Waals surface area (Å²) in [5.74, 6) is 0. The zero-order chi connectivity index (χ0) is 11.9. The topological polar surface area (TPSA) is 66.9 Å². The summed E-state index contributed by atoms with van der Waals surface area (Å²) in [5, 5.41) is 5.38. The lowest BCUT2D eigenvalue weighted by molar-refractivity contribution is 0.251. The Bertz CT molecular complexity index is 472. The SMILES string of the molecule is O=C(NCc1ccccn1)Nc1cccnc1. The lowest BCUT2D eigenvalue weighted by Gasteiger charge is -2.06. The number of carbonyl (C=O) groups is 1. The van der Waals surface area contributed by atoms with E-state index in [9.17, 15) is 4.79 Å². The van der Waals surface area contributed by atoms with Gasteiger partial charge in [0.15, 0.2) is 0 Å². The molecular weight excluding hydrogens is 216 g/mol. The van der Waals surface area contributed by atoms with Gasteiger partial charge in [0.2, 0.25) is 0 Å². The Morgan fingerprint density at radius 1 is 1.18 bits per heavy atom. The molecular formula is C12H12N4O. The Hall–Kier alpha value is -2.43. The number of hydrogen-bond donors (Lipinski definition) is 2. The van der Waals surface area contributed by atoms with Crippen molar-refractivity contribution in [2.24, 2.45) is 0 Å². The third-order valence-corrected chi connectivity index (χ3v) is 2.08. The number of nitrogens with one attached hydrogen (secondary N) is 2. The van der Waals surface area contributed by atoms with E-state index in [0.29, 0.717) is 12.2 Å². The van der Waals surface area contributed by atoms with Gasteiger partial charge in [-0.2, -0.15) is 0 Å². The molecule has 0 atom stereocenters. The van der Waals surface area contributed by atoms with E-state index in [0.717, 1.165) is 5.69 Å². The molecule has 0 unspecified atom stereocenters. The van der Waals surface area contributed by atoms with Crippen molar-refractivity contribution in [3.63, 3.8) is 0 Å². The van der Waals surface area contributed by atoms with Crippen LogP contribution >= 0.6 is 0 Å². The van der Waals surface area contributed by atoms with Gasteiger partial charge in [-0.3, -0.25) is 9.97 Å². The first-order valence-electron chi connectivity index (χ1n) is 5.19. The molecule has 0 saturated heterocycles. The van der Waals surface area contributed by atoms with Crippen LogP contribution in [0.25, 0.3) is 0 Å². The zero-order valence-electron chi connectivity index (χ0n) is 9.13. The first-order valence-corrected chi connectivity index (χ1v) is 5.19. The Morgan fingerprint density at radius 3 is 2.82 bits per heavy atom. The number of anilines is 1. The summed E-state index contributed by atoms with van der Waals surface area (Å²) in [5.41, 5.74) is 1.47. The van der Waals surface area contributed by atoms with Crippen molar-refractivity contribution >= 4 is 11.7 Å². The van der Waals surface area contributed by atoms with Crippen molar-refractivity contribution in [1.82, 2.24) is 15.3 Å². The fourth-order valence-corrected chi connectivity index (χ4v) is 1.29. The van der Waals surface area contributed by atoms with Gasteiger partial charge in [0.1, 0.15) is 0 Å². The van der Waals surface area contributed by atoms with Gasteiger partial charge in [-0.15, -0.1) is 0 Å². The fourth-order valence-electron chi connectivity index (χ4n) is 1.29. The van der Waals surface area contributed by atoms with Crippen molar-refractivity contribution in [1.29, 1.82) is 0 Å². The van der Waals surface area contributed by atoms with Gasteiger partial charge in [0.05, 0.1) is 24.1 Å². The number of aromatic nitrogens is 2. The molecule has 0 radical (unpaired) electrons. The lowest BCUT2D eigenvalue weighted by Crippen LogP contribution is -2.28. The summed E-state index contributed by atoms with van der Waals surface area (Å²) in [6.45, 7) is 0.396. The summed E-state index contributed by atoms with van der Waals surface area (Å²) in [7, 11) is 0. The largest absolute Gasteiger partial charge is 0.332 e. The quantitative estimate of drug-likeness (QED) is 0.841. The standard InChI is InChI=1S/C12H12N4O/c17-12(16-11-5-3-6-13-8-11)15-9-10-4-1-2-7-14-10/h1-8H,9H2,(H2,15,16,17). The number of nitrogens with zero attached hydrogens (tertiary/aromatic N) is 2. The fraction of sp³-hybridized carbons (Fsp3) is 0.0833. The van der Waals surface area contributed by atoms with Crippen LogP contribution in [-0.2, 0) is 6.54 Å². The molecule has 2 N–H and O–H groups in total. The highest BCUT2D eigenvalue weighted by molar-refractivity contribution is 5.88. The number of hydrogen-bond acceptors (Lipinski definition) is 3. The first kappa shape index (κ1) is 11.1. The summed E-state index contributed by atoms with van der Waals surface area (Å²) in [4.78, 5) is 19.5. The predicted octanol–water partition coefficient (Wildman–Crippen LogP) is 1.80. The zero-order valence-corrected chi connectivity index (χ0v) is 9.13. The molecule has 0 aliphatic heterocycles. The van der Waals surface area contributed by atoms with Crippen LogP contribution < -0.4 is 10.6 Å². The van der Waals surface area contributed by atoms with Crippen LogP contribution in [0.15, 0.2) is 48.9 Å². The van der Waals surface area contributed by atoms with Crippen molar-refractivity contribution in [2.75, 3.05) is 5.32 Å². The molecule has 0 aliphatic carbocycles. The van der Waals surface area contributed by atoms with Crippen molar-refractivity contribution in [3.8, 4) is 0 Å². The minimum absolute atomic E-state index is 0.274. The van der Waals surface area contributed by atoms with Crippen LogP contribution in [0.2, 0.25) is 0 Å². The average Bonchev–Trinajstić information content (AvgIpc) is 2.39. The number of carbonyl (C=O) groups excluding carboxylic acids is 1. The highest BCUT2D eigenvalue weighted by Gasteiger charge is 2.01. The molecule has 2 aromatic rings. The molecule has 2 aromatic heterocycles. The van der Waals surface area contributed by atoms with Gasteiger partial charge in [0.25, 0.3) is 0 Å². The number of rotatable bonds is 3.